The first kappa shape index (κ1) is 23.3. The minimum atomic E-state index is -5.81. The van der Waals surface area contributed by atoms with E-state index in [-0.39, 0.29) is 11.7 Å². The van der Waals surface area contributed by atoms with E-state index in [1.807, 2.05) is 13.8 Å². The molecule has 1 N–H and O–H groups in total. The summed E-state index contributed by atoms with van der Waals surface area (Å²) in [6, 6.07) is 5.93. The Kier molecular flexibility index (Phi) is 8.47. The third kappa shape index (κ3) is 5.39. The quantitative estimate of drug-likeness (QED) is 0.297. The summed E-state index contributed by atoms with van der Waals surface area (Å²) in [5, 5.41) is -10.6. The number of rotatable bonds is 11. The van der Waals surface area contributed by atoms with Gasteiger partial charge in [0.25, 0.3) is 0 Å². The van der Waals surface area contributed by atoms with Crippen LogP contribution >= 0.6 is 24.1 Å². The second-order valence-electron chi connectivity index (χ2n) is 5.71. The molecular formula is C16H20F6O2S2. The van der Waals surface area contributed by atoms with E-state index in [2.05, 4.69) is 4.18 Å². The zero-order chi connectivity index (χ0) is 20.0. The van der Waals surface area contributed by atoms with Crippen LogP contribution < -0.4 is 4.18 Å². The molecule has 0 fully saturated rings. The Labute approximate surface area is 157 Å². The minimum absolute atomic E-state index is 0.166. The number of hydrogen-bond acceptors (Lipinski definition) is 4. The lowest BCUT2D eigenvalue weighted by atomic mass is 9.90. The first-order chi connectivity index (χ1) is 12.0. The van der Waals surface area contributed by atoms with E-state index in [0.717, 1.165) is 31.2 Å². The lowest BCUT2D eigenvalue weighted by molar-refractivity contribution is -0.239. The molecule has 0 saturated heterocycles. The molecule has 150 valence electrons. The Bertz CT molecular complexity index is 548. The van der Waals surface area contributed by atoms with Gasteiger partial charge in [-0.15, -0.1) is 0 Å². The van der Waals surface area contributed by atoms with Gasteiger partial charge in [0, 0.05) is 0 Å². The van der Waals surface area contributed by atoms with E-state index in [1.165, 1.54) is 12.1 Å². The van der Waals surface area contributed by atoms with Crippen molar-refractivity contribution in [3.05, 3.63) is 29.8 Å². The van der Waals surface area contributed by atoms with Crippen LogP contribution in [0.4, 0.5) is 26.3 Å². The molecule has 0 radical (unpaired) electrons. The van der Waals surface area contributed by atoms with Crippen molar-refractivity contribution in [1.29, 1.82) is 0 Å². The van der Waals surface area contributed by atoms with Gasteiger partial charge in [0.05, 0.1) is 12.0 Å². The molecule has 1 rings (SSSR count). The SMILES string of the molecule is CCCC(CCC)c1ccc(OSC(F)(F)C(F)(F)C(F)(F)SO)cc1. The van der Waals surface area contributed by atoms with Crippen molar-refractivity contribution in [1.82, 2.24) is 0 Å². The molecule has 1 aromatic carbocycles. The number of benzene rings is 1. The third-order valence-corrected chi connectivity index (χ3v) is 4.94. The van der Waals surface area contributed by atoms with Gasteiger partial charge in [-0.25, -0.2) is 0 Å². The van der Waals surface area contributed by atoms with E-state index >= 15 is 0 Å². The molecule has 0 amide bonds. The minimum Gasteiger partial charge on any atom is -0.419 e. The van der Waals surface area contributed by atoms with Crippen molar-refractivity contribution in [2.24, 2.45) is 0 Å². The highest BCUT2D eigenvalue weighted by atomic mass is 32.2. The molecule has 1 aromatic rings. The Morgan fingerprint density at radius 3 is 1.85 bits per heavy atom. The average Bonchev–Trinajstić information content (AvgIpc) is 2.60. The molecular weight excluding hydrogens is 402 g/mol. The van der Waals surface area contributed by atoms with E-state index in [4.69, 9.17) is 4.55 Å². The maximum Gasteiger partial charge on any atom is 0.398 e. The molecule has 0 saturated carbocycles. The average molecular weight is 422 g/mol. The van der Waals surface area contributed by atoms with Gasteiger partial charge in [0.1, 0.15) is 17.8 Å². The Hall–Kier alpha value is -0.740. The van der Waals surface area contributed by atoms with E-state index < -0.39 is 40.5 Å². The molecule has 0 spiro atoms. The van der Waals surface area contributed by atoms with Crippen LogP contribution in [0.1, 0.15) is 51.0 Å². The molecule has 0 aromatic heterocycles. The van der Waals surface area contributed by atoms with Crippen LogP contribution in [-0.2, 0) is 0 Å². The highest BCUT2D eigenvalue weighted by Crippen LogP contribution is 2.54. The fourth-order valence-electron chi connectivity index (χ4n) is 2.35. The topological polar surface area (TPSA) is 29.5 Å². The highest BCUT2D eigenvalue weighted by Gasteiger charge is 2.74. The summed E-state index contributed by atoms with van der Waals surface area (Å²) in [4.78, 5) is 0. The van der Waals surface area contributed by atoms with E-state index in [9.17, 15) is 26.3 Å². The van der Waals surface area contributed by atoms with Crippen LogP contribution in [0.25, 0.3) is 0 Å². The molecule has 0 aliphatic carbocycles. The zero-order valence-corrected chi connectivity index (χ0v) is 15.8. The fourth-order valence-corrected chi connectivity index (χ4v) is 3.20. The monoisotopic (exact) mass is 422 g/mol. The van der Waals surface area contributed by atoms with Crippen LogP contribution in [0, 0.1) is 0 Å². The smallest absolute Gasteiger partial charge is 0.398 e. The van der Waals surface area contributed by atoms with Gasteiger partial charge in [-0.1, -0.05) is 38.8 Å². The van der Waals surface area contributed by atoms with Crippen LogP contribution in [0.15, 0.2) is 24.3 Å². The summed E-state index contributed by atoms with van der Waals surface area (Å²) in [7, 11) is 0. The van der Waals surface area contributed by atoms with E-state index in [0.29, 0.717) is 0 Å². The Morgan fingerprint density at radius 2 is 1.42 bits per heavy atom. The summed E-state index contributed by atoms with van der Waals surface area (Å²) >= 11 is -2.71. The standard InChI is InChI=1S/C16H20F6O2S2/c1-3-5-11(6-4-2)12-7-9-13(10-8-12)24-26-16(21,22)14(17,18)15(19,20)25-23/h7-11,23H,3-6H2,1-2H3. The normalized spacial score (nSPS) is 13.3. The highest BCUT2D eigenvalue weighted by molar-refractivity contribution is 7.96. The first-order valence-electron chi connectivity index (χ1n) is 7.94. The zero-order valence-electron chi connectivity index (χ0n) is 14.2. The van der Waals surface area contributed by atoms with Crippen molar-refractivity contribution < 1.29 is 35.1 Å². The number of alkyl halides is 6. The fraction of sp³-hybridized carbons (Fsp3) is 0.625. The van der Waals surface area contributed by atoms with Gasteiger partial charge in [0.15, 0.2) is 0 Å². The maximum atomic E-state index is 13.5. The predicted molar refractivity (Wildman–Crippen MR) is 92.3 cm³/mol. The molecule has 0 aliphatic heterocycles. The molecule has 0 atom stereocenters. The summed E-state index contributed by atoms with van der Waals surface area (Å²) < 4.78 is 91.8. The van der Waals surface area contributed by atoms with Gasteiger partial charge >= 0.3 is 16.4 Å². The van der Waals surface area contributed by atoms with Gasteiger partial charge in [-0.05, 0) is 36.5 Å². The molecule has 0 heterocycles. The Morgan fingerprint density at radius 1 is 0.923 bits per heavy atom. The third-order valence-electron chi connectivity index (χ3n) is 3.71. The Balaban J connectivity index is 2.81. The number of hydrogen-bond donors (Lipinski definition) is 1. The van der Waals surface area contributed by atoms with Gasteiger partial charge in [-0.2, -0.15) is 26.3 Å². The summed E-state index contributed by atoms with van der Waals surface area (Å²) in [5.41, 5.74) is 0.964. The van der Waals surface area contributed by atoms with Crippen molar-refractivity contribution >= 4 is 24.1 Å². The van der Waals surface area contributed by atoms with Crippen molar-refractivity contribution in [3.63, 3.8) is 0 Å². The lowest BCUT2D eigenvalue weighted by Gasteiger charge is -2.29. The maximum absolute atomic E-state index is 13.5. The lowest BCUT2D eigenvalue weighted by Crippen LogP contribution is -2.50. The predicted octanol–water partition coefficient (Wildman–Crippen LogP) is 7.42. The second-order valence-corrected chi connectivity index (χ2v) is 7.25. The largest absolute Gasteiger partial charge is 0.419 e. The molecule has 0 bridgehead atoms. The molecule has 0 aliphatic rings. The summed E-state index contributed by atoms with van der Waals surface area (Å²) in [6.07, 6.45) is 3.83. The van der Waals surface area contributed by atoms with Crippen molar-refractivity contribution in [2.75, 3.05) is 0 Å². The van der Waals surface area contributed by atoms with Crippen molar-refractivity contribution in [2.45, 2.75) is 61.9 Å². The first-order valence-corrected chi connectivity index (χ1v) is 9.45. The van der Waals surface area contributed by atoms with Crippen LogP contribution in [0.3, 0.4) is 0 Å². The van der Waals surface area contributed by atoms with Gasteiger partial charge < -0.3 is 8.74 Å². The van der Waals surface area contributed by atoms with Crippen LogP contribution in [-0.4, -0.2) is 21.0 Å². The van der Waals surface area contributed by atoms with Crippen LogP contribution in [0.5, 0.6) is 5.75 Å². The van der Waals surface area contributed by atoms with E-state index in [1.54, 1.807) is 12.1 Å². The van der Waals surface area contributed by atoms with Crippen LogP contribution in [0.2, 0.25) is 0 Å². The molecule has 26 heavy (non-hydrogen) atoms. The van der Waals surface area contributed by atoms with Gasteiger partial charge in [0.2, 0.25) is 0 Å². The van der Waals surface area contributed by atoms with Crippen molar-refractivity contribution in [3.8, 4) is 5.75 Å². The summed E-state index contributed by atoms with van der Waals surface area (Å²) in [5.74, 6) is -5.68. The number of halogens is 6. The molecule has 2 nitrogen and oxygen atoms in total. The summed E-state index contributed by atoms with van der Waals surface area (Å²) in [6.45, 7) is 4.08. The molecule has 0 unspecified atom stereocenters. The molecule has 10 heteroatoms. The second kappa shape index (κ2) is 9.45. The van der Waals surface area contributed by atoms with Gasteiger partial charge in [-0.3, -0.25) is 0 Å².